The molecule has 0 heterocycles. The van der Waals surface area contributed by atoms with E-state index in [0.29, 0.717) is 13.0 Å². The average Bonchev–Trinajstić information content (AvgIpc) is 2.46. The number of sulfone groups is 1. The molecule has 1 atom stereocenters. The number of benzene rings is 1. The third-order valence-corrected chi connectivity index (χ3v) is 4.00. The summed E-state index contributed by atoms with van der Waals surface area (Å²) in [7, 11) is -3.61. The molecule has 0 spiro atoms. The average molecular weight is 341 g/mol. The normalized spacial score (nSPS) is 12.4. The van der Waals surface area contributed by atoms with Gasteiger partial charge in [0.05, 0.1) is 17.1 Å². The van der Waals surface area contributed by atoms with Crippen LogP contribution in [-0.2, 0) is 19.4 Å². The van der Waals surface area contributed by atoms with Gasteiger partial charge in [0.25, 0.3) is 5.91 Å². The molecule has 1 amide bonds. The van der Waals surface area contributed by atoms with Gasteiger partial charge in [-0.2, -0.15) is 0 Å². The van der Waals surface area contributed by atoms with Gasteiger partial charge in [-0.15, -0.1) is 6.58 Å². The van der Waals surface area contributed by atoms with Crippen LogP contribution < -0.4 is 5.32 Å². The monoisotopic (exact) mass is 341 g/mol. The number of anilines is 1. The standard InChI is InChI=1S/C15H19NO6S/c1-4-5-6-22-10(2)14(17)16-12-7-11(15(18)19)8-13(9-12)23(3,20)21/h4,7-10H,1,5-6H2,2-3H3,(H,16,17)(H,18,19). The quantitative estimate of drug-likeness (QED) is 0.550. The van der Waals surface area contributed by atoms with Crippen molar-refractivity contribution in [2.24, 2.45) is 0 Å². The summed E-state index contributed by atoms with van der Waals surface area (Å²) in [6.07, 6.45) is 2.43. The maximum atomic E-state index is 12.0. The lowest BCUT2D eigenvalue weighted by molar-refractivity contribution is -0.126. The summed E-state index contributed by atoms with van der Waals surface area (Å²) < 4.78 is 28.5. The molecule has 0 saturated carbocycles. The Balaban J connectivity index is 2.99. The highest BCUT2D eigenvalue weighted by atomic mass is 32.2. The van der Waals surface area contributed by atoms with Crippen molar-refractivity contribution in [2.75, 3.05) is 18.2 Å². The Hall–Kier alpha value is -2.19. The number of carbonyl (C=O) groups excluding carboxylic acids is 1. The fourth-order valence-electron chi connectivity index (χ4n) is 1.66. The molecule has 0 aromatic heterocycles. The number of hydrogen-bond donors (Lipinski definition) is 2. The first-order valence-corrected chi connectivity index (χ1v) is 8.66. The fraction of sp³-hybridized carbons (Fsp3) is 0.333. The SMILES string of the molecule is C=CCCOC(C)C(=O)Nc1cc(C(=O)O)cc(S(C)(=O)=O)c1. The van der Waals surface area contributed by atoms with Crippen molar-refractivity contribution in [3.63, 3.8) is 0 Å². The van der Waals surface area contributed by atoms with Crippen molar-refractivity contribution in [3.8, 4) is 0 Å². The van der Waals surface area contributed by atoms with Gasteiger partial charge in [0, 0.05) is 11.9 Å². The van der Waals surface area contributed by atoms with E-state index >= 15 is 0 Å². The largest absolute Gasteiger partial charge is 0.478 e. The Kier molecular flexibility index (Phi) is 6.47. The number of nitrogens with one attached hydrogen (secondary N) is 1. The molecule has 23 heavy (non-hydrogen) atoms. The van der Waals surface area contributed by atoms with Crippen LogP contribution in [0.4, 0.5) is 5.69 Å². The molecule has 8 heteroatoms. The van der Waals surface area contributed by atoms with Gasteiger partial charge >= 0.3 is 5.97 Å². The van der Waals surface area contributed by atoms with Crippen LogP contribution in [0.2, 0.25) is 0 Å². The Morgan fingerprint density at radius 3 is 2.57 bits per heavy atom. The van der Waals surface area contributed by atoms with E-state index in [1.165, 1.54) is 19.1 Å². The van der Waals surface area contributed by atoms with E-state index in [4.69, 9.17) is 9.84 Å². The Morgan fingerprint density at radius 2 is 2.04 bits per heavy atom. The van der Waals surface area contributed by atoms with E-state index in [2.05, 4.69) is 11.9 Å². The molecule has 7 nitrogen and oxygen atoms in total. The summed E-state index contributed by atoms with van der Waals surface area (Å²) in [6, 6.07) is 3.43. The topological polar surface area (TPSA) is 110 Å². The highest BCUT2D eigenvalue weighted by Crippen LogP contribution is 2.19. The number of carboxylic acid groups (broad SMARTS) is 1. The maximum Gasteiger partial charge on any atom is 0.335 e. The lowest BCUT2D eigenvalue weighted by Gasteiger charge is -2.14. The fourth-order valence-corrected chi connectivity index (χ4v) is 2.34. The van der Waals surface area contributed by atoms with Gasteiger partial charge < -0.3 is 15.2 Å². The first-order chi connectivity index (χ1) is 10.6. The second-order valence-corrected chi connectivity index (χ2v) is 6.92. The van der Waals surface area contributed by atoms with Crippen LogP contribution in [0.1, 0.15) is 23.7 Å². The number of amides is 1. The van der Waals surface area contributed by atoms with E-state index in [1.807, 2.05) is 0 Å². The summed E-state index contributed by atoms with van der Waals surface area (Å²) in [5, 5.41) is 11.5. The summed E-state index contributed by atoms with van der Waals surface area (Å²) in [6.45, 7) is 5.40. The van der Waals surface area contributed by atoms with Crippen LogP contribution >= 0.6 is 0 Å². The predicted molar refractivity (Wildman–Crippen MR) is 85.4 cm³/mol. The van der Waals surface area contributed by atoms with Crippen molar-refractivity contribution >= 4 is 27.4 Å². The zero-order valence-corrected chi connectivity index (χ0v) is 13.7. The van der Waals surface area contributed by atoms with E-state index < -0.39 is 27.8 Å². The van der Waals surface area contributed by atoms with Gasteiger partial charge in [0.15, 0.2) is 9.84 Å². The molecule has 1 aromatic rings. The molecule has 0 fully saturated rings. The third-order valence-electron chi connectivity index (χ3n) is 2.91. The number of ether oxygens (including phenoxy) is 1. The minimum Gasteiger partial charge on any atom is -0.478 e. The lowest BCUT2D eigenvalue weighted by Crippen LogP contribution is -2.28. The molecule has 0 bridgehead atoms. The molecule has 0 radical (unpaired) electrons. The Bertz CT molecular complexity index is 711. The van der Waals surface area contributed by atoms with Gasteiger partial charge in [-0.25, -0.2) is 13.2 Å². The minimum absolute atomic E-state index is 0.0782. The van der Waals surface area contributed by atoms with Gasteiger partial charge in [-0.1, -0.05) is 6.08 Å². The van der Waals surface area contributed by atoms with Crippen LogP contribution in [0, 0.1) is 0 Å². The number of aromatic carboxylic acids is 1. The summed E-state index contributed by atoms with van der Waals surface area (Å²) in [4.78, 5) is 22.9. The molecule has 1 unspecified atom stereocenters. The first-order valence-electron chi connectivity index (χ1n) is 6.77. The van der Waals surface area contributed by atoms with Crippen molar-refractivity contribution in [2.45, 2.75) is 24.3 Å². The zero-order chi connectivity index (χ0) is 17.6. The molecule has 1 rings (SSSR count). The van der Waals surface area contributed by atoms with E-state index in [-0.39, 0.29) is 16.1 Å². The number of carboxylic acids is 1. The van der Waals surface area contributed by atoms with Gasteiger partial charge in [0.1, 0.15) is 6.10 Å². The van der Waals surface area contributed by atoms with Crippen LogP contribution in [0.25, 0.3) is 0 Å². The lowest BCUT2D eigenvalue weighted by atomic mass is 10.2. The summed E-state index contributed by atoms with van der Waals surface area (Å²) in [5.41, 5.74) is -0.155. The van der Waals surface area contributed by atoms with Crippen LogP contribution in [0.3, 0.4) is 0 Å². The summed E-state index contributed by atoms with van der Waals surface area (Å²) in [5.74, 6) is -1.79. The van der Waals surface area contributed by atoms with Crippen LogP contribution in [0.15, 0.2) is 35.7 Å². The molecule has 1 aromatic carbocycles. The van der Waals surface area contributed by atoms with Gasteiger partial charge in [0.2, 0.25) is 0 Å². The molecular formula is C15H19NO6S. The van der Waals surface area contributed by atoms with Crippen molar-refractivity contribution in [3.05, 3.63) is 36.4 Å². The number of rotatable bonds is 8. The molecule has 0 aliphatic rings. The number of hydrogen-bond acceptors (Lipinski definition) is 5. The highest BCUT2D eigenvalue weighted by Gasteiger charge is 2.17. The molecular weight excluding hydrogens is 322 g/mol. The van der Waals surface area contributed by atoms with Crippen molar-refractivity contribution in [1.29, 1.82) is 0 Å². The van der Waals surface area contributed by atoms with Gasteiger partial charge in [-0.3, -0.25) is 4.79 Å². The first kappa shape index (κ1) is 18.9. The summed E-state index contributed by atoms with van der Waals surface area (Å²) >= 11 is 0. The van der Waals surface area contributed by atoms with Gasteiger partial charge in [-0.05, 0) is 31.5 Å². The predicted octanol–water partition coefficient (Wildman–Crippen LogP) is 1.71. The molecule has 0 aliphatic carbocycles. The highest BCUT2D eigenvalue weighted by molar-refractivity contribution is 7.90. The number of carbonyl (C=O) groups is 2. The zero-order valence-electron chi connectivity index (χ0n) is 12.9. The van der Waals surface area contributed by atoms with Crippen LogP contribution in [-0.4, -0.2) is 44.4 Å². The second-order valence-electron chi connectivity index (χ2n) is 4.90. The molecule has 0 saturated heterocycles. The third kappa shape index (κ3) is 5.84. The smallest absolute Gasteiger partial charge is 0.335 e. The van der Waals surface area contributed by atoms with Crippen molar-refractivity contribution < 1.29 is 27.9 Å². The second kappa shape index (κ2) is 7.89. The van der Waals surface area contributed by atoms with E-state index in [9.17, 15) is 18.0 Å². The molecule has 126 valence electrons. The van der Waals surface area contributed by atoms with Crippen molar-refractivity contribution in [1.82, 2.24) is 0 Å². The molecule has 0 aliphatic heterocycles. The maximum absolute atomic E-state index is 12.0. The van der Waals surface area contributed by atoms with Crippen LogP contribution in [0.5, 0.6) is 0 Å². The van der Waals surface area contributed by atoms with E-state index in [1.54, 1.807) is 6.08 Å². The minimum atomic E-state index is -3.61. The Labute approximate surface area is 134 Å². The van der Waals surface area contributed by atoms with E-state index in [0.717, 1.165) is 12.3 Å². The Morgan fingerprint density at radius 1 is 1.39 bits per heavy atom. The molecule has 2 N–H and O–H groups in total.